The van der Waals surface area contributed by atoms with Gasteiger partial charge in [0.1, 0.15) is 5.56 Å². The fraction of sp³-hybridized carbons (Fsp3) is 0.160. The van der Waals surface area contributed by atoms with Crippen molar-refractivity contribution in [2.45, 2.75) is 26.2 Å². The van der Waals surface area contributed by atoms with Crippen molar-refractivity contribution >= 4 is 28.4 Å². The number of H-pyrrole nitrogens is 1. The first-order chi connectivity index (χ1) is 16.4. The lowest BCUT2D eigenvalue weighted by molar-refractivity contribution is -0.385. The van der Waals surface area contributed by atoms with Crippen molar-refractivity contribution in [1.29, 1.82) is 0 Å². The summed E-state index contributed by atoms with van der Waals surface area (Å²) in [6.07, 6.45) is 3.06. The summed E-state index contributed by atoms with van der Waals surface area (Å²) in [5.41, 5.74) is 9.10. The van der Waals surface area contributed by atoms with E-state index in [0.29, 0.717) is 12.8 Å². The molecule has 0 aliphatic carbocycles. The molecule has 0 atom stereocenters. The summed E-state index contributed by atoms with van der Waals surface area (Å²) in [4.78, 5) is 43.0. The van der Waals surface area contributed by atoms with Gasteiger partial charge in [0.2, 0.25) is 5.91 Å². The third kappa shape index (κ3) is 4.93. The van der Waals surface area contributed by atoms with Crippen molar-refractivity contribution in [3.8, 4) is 11.4 Å². The summed E-state index contributed by atoms with van der Waals surface area (Å²) in [5, 5.41) is 12.2. The van der Waals surface area contributed by atoms with Crippen LogP contribution in [0.25, 0.3) is 22.3 Å². The van der Waals surface area contributed by atoms with Crippen LogP contribution in [0.1, 0.15) is 34.3 Å². The number of aryl methyl sites for hydroxylation is 2. The number of hydrogen-bond acceptors (Lipinski definition) is 5. The molecule has 2 aromatic heterocycles. The summed E-state index contributed by atoms with van der Waals surface area (Å²) >= 11 is 0. The van der Waals surface area contributed by atoms with E-state index in [2.05, 4.69) is 26.9 Å². The third-order valence-electron chi connectivity index (χ3n) is 5.47. The number of para-hydroxylation sites is 1. The van der Waals surface area contributed by atoms with Gasteiger partial charge < -0.3 is 4.98 Å². The van der Waals surface area contributed by atoms with Gasteiger partial charge in [-0.15, -0.1) is 0 Å². The number of hydrazine groups is 1. The lowest BCUT2D eigenvalue weighted by Gasteiger charge is -2.08. The van der Waals surface area contributed by atoms with Gasteiger partial charge in [0.05, 0.1) is 16.3 Å². The van der Waals surface area contributed by atoms with E-state index in [0.717, 1.165) is 33.4 Å². The van der Waals surface area contributed by atoms with Crippen molar-refractivity contribution in [3.63, 3.8) is 0 Å². The van der Waals surface area contributed by atoms with Crippen LogP contribution < -0.4 is 10.9 Å². The molecule has 34 heavy (non-hydrogen) atoms. The van der Waals surface area contributed by atoms with Crippen LogP contribution in [0.5, 0.6) is 0 Å². The Morgan fingerprint density at radius 2 is 1.85 bits per heavy atom. The van der Waals surface area contributed by atoms with Crippen molar-refractivity contribution < 1.29 is 14.5 Å². The van der Waals surface area contributed by atoms with Crippen LogP contribution in [-0.2, 0) is 11.2 Å². The average Bonchev–Trinajstić information content (AvgIpc) is 3.20. The first kappa shape index (κ1) is 22.7. The summed E-state index contributed by atoms with van der Waals surface area (Å²) in [5.74, 6) is -1.13. The second kappa shape index (κ2) is 9.95. The molecule has 3 N–H and O–H groups in total. The number of fused-ring (bicyclic) bond motifs is 1. The number of nitrogens with zero attached hydrogens (tertiary/aromatic N) is 2. The number of aromatic nitrogens is 2. The zero-order chi connectivity index (χ0) is 24.1. The molecule has 0 aliphatic heterocycles. The third-order valence-corrected chi connectivity index (χ3v) is 5.47. The van der Waals surface area contributed by atoms with Gasteiger partial charge in [-0.2, -0.15) is 0 Å². The van der Waals surface area contributed by atoms with Gasteiger partial charge in [0, 0.05) is 29.6 Å². The molecule has 2 heterocycles. The van der Waals surface area contributed by atoms with E-state index in [1.165, 1.54) is 24.3 Å². The van der Waals surface area contributed by atoms with Gasteiger partial charge >= 0.3 is 0 Å². The standard InChI is InChI=1S/C25H23N5O4/c1-16-12-13-20-19(15-16)17(24(27-20)21-9-4-5-14-26-21)8-6-11-23(31)28-29-25(32)18-7-2-3-10-22(18)30(33)34/h2-5,7,9-10,12-15,27H,6,8,11H2,1H3,(H,28,31)(H,29,32). The Morgan fingerprint density at radius 1 is 1.06 bits per heavy atom. The Hall–Kier alpha value is -4.53. The van der Waals surface area contributed by atoms with Crippen LogP contribution in [0, 0.1) is 17.0 Å². The molecule has 0 spiro atoms. The Balaban J connectivity index is 1.41. The molecule has 0 saturated carbocycles. The molecule has 2 aromatic carbocycles. The summed E-state index contributed by atoms with van der Waals surface area (Å²) in [7, 11) is 0. The maximum atomic E-state index is 12.3. The number of pyridine rings is 1. The fourth-order valence-corrected chi connectivity index (χ4v) is 3.86. The first-order valence-electron chi connectivity index (χ1n) is 10.8. The van der Waals surface area contributed by atoms with Gasteiger partial charge in [-0.05, 0) is 55.7 Å². The van der Waals surface area contributed by atoms with Crippen LogP contribution in [0.15, 0.2) is 66.9 Å². The molecule has 4 rings (SSSR count). The van der Waals surface area contributed by atoms with Crippen LogP contribution >= 0.6 is 0 Å². The molecule has 2 amide bonds. The van der Waals surface area contributed by atoms with Crippen molar-refractivity contribution in [1.82, 2.24) is 20.8 Å². The number of benzene rings is 2. The van der Waals surface area contributed by atoms with Crippen LogP contribution in [0.4, 0.5) is 5.69 Å². The number of aromatic amines is 1. The molecule has 0 aliphatic rings. The molecular formula is C25H23N5O4. The molecular weight excluding hydrogens is 434 g/mol. The molecule has 4 aromatic rings. The second-order valence-electron chi connectivity index (χ2n) is 7.87. The maximum Gasteiger partial charge on any atom is 0.282 e. The highest BCUT2D eigenvalue weighted by Gasteiger charge is 2.19. The van der Waals surface area contributed by atoms with Gasteiger partial charge in [0.25, 0.3) is 11.6 Å². The first-order valence-corrected chi connectivity index (χ1v) is 10.8. The molecule has 9 nitrogen and oxygen atoms in total. The predicted octanol–water partition coefficient (Wildman–Crippen LogP) is 4.23. The Kier molecular flexibility index (Phi) is 6.63. The lowest BCUT2D eigenvalue weighted by Crippen LogP contribution is -2.41. The monoisotopic (exact) mass is 457 g/mol. The quantitative estimate of drug-likeness (QED) is 0.282. The van der Waals surface area contributed by atoms with E-state index in [4.69, 9.17) is 0 Å². The number of nitro benzene ring substituents is 1. The SMILES string of the molecule is Cc1ccc2[nH]c(-c3ccccn3)c(CCCC(=O)NNC(=O)c3ccccc3[N+](=O)[O-])c2c1. The highest BCUT2D eigenvalue weighted by atomic mass is 16.6. The van der Waals surface area contributed by atoms with E-state index < -0.39 is 10.8 Å². The Labute approximate surface area is 195 Å². The van der Waals surface area contributed by atoms with Crippen molar-refractivity contribution in [2.24, 2.45) is 0 Å². The minimum atomic E-state index is -0.745. The summed E-state index contributed by atoms with van der Waals surface area (Å²) < 4.78 is 0. The number of nitrogens with one attached hydrogen (secondary N) is 3. The highest BCUT2D eigenvalue weighted by molar-refractivity contribution is 5.99. The summed E-state index contributed by atoms with van der Waals surface area (Å²) in [6, 6.07) is 17.5. The van der Waals surface area contributed by atoms with Crippen LogP contribution in [-0.4, -0.2) is 26.7 Å². The van der Waals surface area contributed by atoms with Crippen LogP contribution in [0.3, 0.4) is 0 Å². The van der Waals surface area contributed by atoms with Gasteiger partial charge in [-0.1, -0.05) is 29.8 Å². The fourth-order valence-electron chi connectivity index (χ4n) is 3.86. The van der Waals surface area contributed by atoms with E-state index >= 15 is 0 Å². The van der Waals surface area contributed by atoms with Gasteiger partial charge in [-0.25, -0.2) is 0 Å². The Bertz CT molecular complexity index is 1360. The van der Waals surface area contributed by atoms with E-state index in [1.54, 1.807) is 6.20 Å². The molecule has 0 unspecified atom stereocenters. The zero-order valence-corrected chi connectivity index (χ0v) is 18.5. The maximum absolute atomic E-state index is 12.3. The van der Waals surface area contributed by atoms with E-state index in [1.807, 2.05) is 37.3 Å². The number of nitro groups is 1. The number of amides is 2. The average molecular weight is 457 g/mol. The summed E-state index contributed by atoms with van der Waals surface area (Å²) in [6.45, 7) is 2.03. The second-order valence-corrected chi connectivity index (χ2v) is 7.87. The van der Waals surface area contributed by atoms with E-state index in [9.17, 15) is 19.7 Å². The van der Waals surface area contributed by atoms with Gasteiger partial charge in [-0.3, -0.25) is 35.5 Å². The van der Waals surface area contributed by atoms with Crippen molar-refractivity contribution in [2.75, 3.05) is 0 Å². The Morgan fingerprint density at radius 3 is 2.62 bits per heavy atom. The topological polar surface area (TPSA) is 130 Å². The number of hydrogen-bond donors (Lipinski definition) is 3. The molecule has 0 fully saturated rings. The van der Waals surface area contributed by atoms with Crippen molar-refractivity contribution in [3.05, 3.63) is 93.7 Å². The molecule has 0 bridgehead atoms. The zero-order valence-electron chi connectivity index (χ0n) is 18.5. The minimum Gasteiger partial charge on any atom is -0.353 e. The number of carbonyl (C=O) groups excluding carboxylic acids is 2. The van der Waals surface area contributed by atoms with Crippen LogP contribution in [0.2, 0.25) is 0 Å². The molecule has 0 saturated heterocycles. The molecule has 0 radical (unpaired) electrons. The smallest absolute Gasteiger partial charge is 0.282 e. The number of carbonyl (C=O) groups is 2. The number of rotatable bonds is 7. The molecule has 9 heteroatoms. The predicted molar refractivity (Wildman–Crippen MR) is 128 cm³/mol. The molecule has 172 valence electrons. The normalized spacial score (nSPS) is 10.7. The largest absolute Gasteiger partial charge is 0.353 e. The van der Waals surface area contributed by atoms with E-state index in [-0.39, 0.29) is 23.6 Å². The minimum absolute atomic E-state index is 0.123. The lowest BCUT2D eigenvalue weighted by atomic mass is 10.0. The highest BCUT2D eigenvalue weighted by Crippen LogP contribution is 2.31. The van der Waals surface area contributed by atoms with Gasteiger partial charge in [0.15, 0.2) is 0 Å².